The summed E-state index contributed by atoms with van der Waals surface area (Å²) in [6, 6.07) is 0. The lowest BCUT2D eigenvalue weighted by Gasteiger charge is -2.42. The van der Waals surface area contributed by atoms with E-state index < -0.39 is 66.9 Å². The minimum absolute atomic E-state index is 0.735. The highest BCUT2D eigenvalue weighted by Gasteiger charge is 2.94. The first-order valence-electron chi connectivity index (χ1n) is 7.13. The Labute approximate surface area is 160 Å². The van der Waals surface area contributed by atoms with Crippen molar-refractivity contribution in [3.63, 3.8) is 0 Å². The number of ether oxygens (including phenoxy) is 1. The number of hydrogen-bond donors (Lipinski definition) is 1. The standard InChI is InChI=1S/C12H9F16NO2/c1-31-3-2-29-5(30)7(17,18)9(21,22)11(25,26)12(27,28)10(23,24)8(19,20)6(15,16)4(13)14/h4H,2-3H2,1H3,(H,29,30). The fraction of sp³-hybridized carbons (Fsp3) is 0.917. The third-order valence-corrected chi connectivity index (χ3v) is 3.54. The third kappa shape index (κ3) is 4.08. The van der Waals surface area contributed by atoms with Crippen molar-refractivity contribution in [2.24, 2.45) is 0 Å². The number of nitrogens with one attached hydrogen (secondary N) is 1. The van der Waals surface area contributed by atoms with Gasteiger partial charge in [0.15, 0.2) is 0 Å². The molecule has 0 aliphatic heterocycles. The van der Waals surface area contributed by atoms with Gasteiger partial charge in [0.05, 0.1) is 6.61 Å². The Bertz CT molecular complexity index is 647. The predicted octanol–water partition coefficient (Wildman–Crippen LogP) is 4.46. The Balaban J connectivity index is 6.46. The number of carbonyl (C=O) groups is 1. The molecule has 0 saturated carbocycles. The van der Waals surface area contributed by atoms with Crippen LogP contribution in [-0.4, -0.2) is 74.1 Å². The van der Waals surface area contributed by atoms with Crippen LogP contribution in [0.25, 0.3) is 0 Å². The highest BCUT2D eigenvalue weighted by molar-refractivity contribution is 5.84. The van der Waals surface area contributed by atoms with Gasteiger partial charge in [-0.05, 0) is 0 Å². The van der Waals surface area contributed by atoms with E-state index >= 15 is 0 Å². The molecule has 0 heterocycles. The number of methoxy groups -OCH3 is 1. The molecule has 0 saturated heterocycles. The van der Waals surface area contributed by atoms with Gasteiger partial charge in [-0.15, -0.1) is 0 Å². The van der Waals surface area contributed by atoms with E-state index in [1.165, 1.54) is 0 Å². The van der Waals surface area contributed by atoms with Gasteiger partial charge in [-0.3, -0.25) is 4.79 Å². The van der Waals surface area contributed by atoms with Crippen LogP contribution in [0.2, 0.25) is 0 Å². The first-order valence-corrected chi connectivity index (χ1v) is 7.13. The molecule has 0 aliphatic carbocycles. The molecule has 1 N–H and O–H groups in total. The predicted molar refractivity (Wildman–Crippen MR) is 65.5 cm³/mol. The number of hydrogen-bond acceptors (Lipinski definition) is 2. The number of amides is 1. The van der Waals surface area contributed by atoms with Gasteiger partial charge in [0.2, 0.25) is 0 Å². The van der Waals surface area contributed by atoms with Gasteiger partial charge in [-0.25, -0.2) is 8.78 Å². The summed E-state index contributed by atoms with van der Waals surface area (Å²) in [7, 11) is 0.838. The van der Waals surface area contributed by atoms with Gasteiger partial charge in [-0.1, -0.05) is 0 Å². The molecule has 0 rings (SSSR count). The van der Waals surface area contributed by atoms with Crippen LogP contribution >= 0.6 is 0 Å². The van der Waals surface area contributed by atoms with E-state index in [0.717, 1.165) is 12.4 Å². The van der Waals surface area contributed by atoms with E-state index in [2.05, 4.69) is 4.74 Å². The summed E-state index contributed by atoms with van der Waals surface area (Å²) in [5.74, 6) is -59.5. The minimum atomic E-state index is -8.53. The zero-order valence-electron chi connectivity index (χ0n) is 14.4. The lowest BCUT2D eigenvalue weighted by Crippen LogP contribution is -2.74. The Morgan fingerprint density at radius 3 is 1.42 bits per heavy atom. The Hall–Kier alpha value is -1.69. The van der Waals surface area contributed by atoms with Gasteiger partial charge in [0.1, 0.15) is 0 Å². The summed E-state index contributed by atoms with van der Waals surface area (Å²) < 4.78 is 213. The van der Waals surface area contributed by atoms with E-state index in [9.17, 15) is 75.0 Å². The van der Waals surface area contributed by atoms with Crippen molar-refractivity contribution >= 4 is 5.91 Å². The molecule has 31 heavy (non-hydrogen) atoms. The van der Waals surface area contributed by atoms with E-state index in [0.29, 0.717) is 0 Å². The molecule has 0 aromatic carbocycles. The number of carbonyl (C=O) groups excluding carboxylic acids is 1. The Morgan fingerprint density at radius 2 is 1.06 bits per heavy atom. The molecule has 0 aliphatic rings. The lowest BCUT2D eigenvalue weighted by molar-refractivity contribution is -0.443. The van der Waals surface area contributed by atoms with Crippen LogP contribution in [0.1, 0.15) is 0 Å². The first-order chi connectivity index (χ1) is 13.4. The van der Waals surface area contributed by atoms with Gasteiger partial charge in [-0.2, -0.15) is 61.5 Å². The average Bonchev–Trinajstić information content (AvgIpc) is 2.60. The second-order valence-electron chi connectivity index (χ2n) is 5.62. The van der Waals surface area contributed by atoms with Gasteiger partial charge >= 0.3 is 47.9 Å². The maximum Gasteiger partial charge on any atom is 0.392 e. The second kappa shape index (κ2) is 8.34. The molecule has 0 bridgehead atoms. The van der Waals surface area contributed by atoms with Crippen LogP contribution in [0.3, 0.4) is 0 Å². The summed E-state index contributed by atoms with van der Waals surface area (Å²) in [6.07, 6.45) is -5.91. The zero-order chi connectivity index (χ0) is 25.5. The van der Waals surface area contributed by atoms with Crippen molar-refractivity contribution in [3.05, 3.63) is 0 Å². The van der Waals surface area contributed by atoms with Crippen molar-refractivity contribution in [2.45, 2.75) is 47.9 Å². The van der Waals surface area contributed by atoms with E-state index in [1.807, 2.05) is 0 Å². The maximum atomic E-state index is 13.4. The highest BCUT2D eigenvalue weighted by Crippen LogP contribution is 2.62. The molecule has 0 aromatic heterocycles. The molecule has 0 radical (unpaired) electrons. The lowest BCUT2D eigenvalue weighted by atomic mass is 9.89. The molecule has 186 valence electrons. The summed E-state index contributed by atoms with van der Waals surface area (Å²) in [5.41, 5.74) is 0. The van der Waals surface area contributed by atoms with Crippen molar-refractivity contribution in [1.29, 1.82) is 0 Å². The van der Waals surface area contributed by atoms with Crippen LogP contribution in [0, 0.1) is 0 Å². The molecule has 0 unspecified atom stereocenters. The van der Waals surface area contributed by atoms with E-state index in [4.69, 9.17) is 0 Å². The molecule has 0 atom stereocenters. The van der Waals surface area contributed by atoms with Crippen LogP contribution in [0.5, 0.6) is 0 Å². The Morgan fingerprint density at radius 1 is 0.710 bits per heavy atom. The quantitative estimate of drug-likeness (QED) is 0.334. The SMILES string of the molecule is COCCNC(=O)C(F)(F)C(F)(F)C(F)(F)C(F)(F)C(F)(F)C(F)(F)C(F)(F)C(F)F. The van der Waals surface area contributed by atoms with E-state index in [1.54, 1.807) is 0 Å². The molecular weight excluding hydrogens is 494 g/mol. The van der Waals surface area contributed by atoms with Crippen molar-refractivity contribution in [3.8, 4) is 0 Å². The molecule has 0 fully saturated rings. The van der Waals surface area contributed by atoms with Gasteiger partial charge < -0.3 is 10.1 Å². The van der Waals surface area contributed by atoms with Crippen molar-refractivity contribution in [2.75, 3.05) is 20.3 Å². The number of rotatable bonds is 11. The molecular formula is C12H9F16NO2. The first kappa shape index (κ1) is 29.3. The van der Waals surface area contributed by atoms with Gasteiger partial charge in [0, 0.05) is 13.7 Å². The maximum absolute atomic E-state index is 13.4. The number of halogens is 16. The summed E-state index contributed by atoms with van der Waals surface area (Å²) in [4.78, 5) is 10.9. The molecule has 1 amide bonds. The fourth-order valence-corrected chi connectivity index (χ4v) is 1.66. The van der Waals surface area contributed by atoms with Crippen LogP contribution in [0.4, 0.5) is 70.2 Å². The Kier molecular flexibility index (Phi) is 7.89. The van der Waals surface area contributed by atoms with Crippen molar-refractivity contribution < 1.29 is 79.8 Å². The summed E-state index contributed by atoms with van der Waals surface area (Å²) >= 11 is 0. The monoisotopic (exact) mass is 503 g/mol. The zero-order valence-corrected chi connectivity index (χ0v) is 14.4. The average molecular weight is 503 g/mol. The largest absolute Gasteiger partial charge is 0.392 e. The van der Waals surface area contributed by atoms with Gasteiger partial charge in [0.25, 0.3) is 5.91 Å². The molecule has 3 nitrogen and oxygen atoms in total. The number of alkyl halides is 16. The second-order valence-corrected chi connectivity index (χ2v) is 5.62. The molecule has 0 spiro atoms. The third-order valence-electron chi connectivity index (χ3n) is 3.54. The van der Waals surface area contributed by atoms with Crippen LogP contribution < -0.4 is 5.32 Å². The van der Waals surface area contributed by atoms with Crippen LogP contribution in [-0.2, 0) is 9.53 Å². The van der Waals surface area contributed by atoms with Crippen LogP contribution in [0.15, 0.2) is 0 Å². The normalized spacial score (nSPS) is 15.4. The fourth-order valence-electron chi connectivity index (χ4n) is 1.66. The summed E-state index contributed by atoms with van der Waals surface area (Å²) in [5, 5.41) is 0.735. The highest BCUT2D eigenvalue weighted by atomic mass is 19.4. The topological polar surface area (TPSA) is 38.3 Å². The molecule has 0 aromatic rings. The smallest absolute Gasteiger partial charge is 0.383 e. The van der Waals surface area contributed by atoms with Crippen molar-refractivity contribution in [1.82, 2.24) is 5.32 Å². The summed E-state index contributed by atoms with van der Waals surface area (Å²) in [6.45, 7) is -1.91. The van der Waals surface area contributed by atoms with E-state index in [-0.39, 0.29) is 0 Å². The minimum Gasteiger partial charge on any atom is -0.383 e. The molecule has 19 heteroatoms.